The molecule has 2 aromatic carbocycles. The Morgan fingerprint density at radius 3 is 2.31 bits per heavy atom. The highest BCUT2D eigenvalue weighted by Gasteiger charge is 2.28. The van der Waals surface area contributed by atoms with Crippen LogP contribution in [0.5, 0.6) is 0 Å². The lowest BCUT2D eigenvalue weighted by molar-refractivity contribution is -0.139. The molecule has 0 aliphatic carbocycles. The second kappa shape index (κ2) is 8.68. The van der Waals surface area contributed by atoms with E-state index >= 15 is 0 Å². The van der Waals surface area contributed by atoms with Gasteiger partial charge >= 0.3 is 5.97 Å². The fraction of sp³-hybridized carbons (Fsp3) is 0.273. The summed E-state index contributed by atoms with van der Waals surface area (Å²) in [6.07, 6.45) is 0.487. The minimum Gasteiger partial charge on any atom is -0.452 e. The molecule has 2 aromatic rings. The number of hydrogen-bond acceptors (Lipinski definition) is 5. The van der Waals surface area contributed by atoms with Gasteiger partial charge in [0.05, 0.1) is 12.1 Å². The first-order valence-corrected chi connectivity index (χ1v) is 9.30. The van der Waals surface area contributed by atoms with Gasteiger partial charge in [-0.05, 0) is 48.7 Å². The van der Waals surface area contributed by atoms with E-state index in [4.69, 9.17) is 4.74 Å². The molecular weight excluding hydrogens is 372 g/mol. The van der Waals surface area contributed by atoms with Gasteiger partial charge in [-0.25, -0.2) is 4.79 Å². The van der Waals surface area contributed by atoms with Gasteiger partial charge in [-0.3, -0.25) is 19.3 Å². The van der Waals surface area contributed by atoms with Gasteiger partial charge in [-0.2, -0.15) is 0 Å². The van der Waals surface area contributed by atoms with Crippen LogP contribution in [0, 0.1) is 13.8 Å². The molecule has 0 atom stereocenters. The van der Waals surface area contributed by atoms with Crippen LogP contribution in [0.25, 0.3) is 0 Å². The summed E-state index contributed by atoms with van der Waals surface area (Å²) in [5.74, 6) is -1.42. The molecule has 7 nitrogen and oxygen atoms in total. The van der Waals surface area contributed by atoms with E-state index in [2.05, 4.69) is 5.32 Å². The van der Waals surface area contributed by atoms with Gasteiger partial charge < -0.3 is 10.1 Å². The Labute approximate surface area is 168 Å². The molecule has 0 saturated carbocycles. The molecule has 0 spiro atoms. The van der Waals surface area contributed by atoms with Crippen molar-refractivity contribution in [2.75, 3.05) is 11.9 Å². The van der Waals surface area contributed by atoms with Crippen molar-refractivity contribution >= 4 is 29.4 Å². The topological polar surface area (TPSA) is 92.8 Å². The van der Waals surface area contributed by atoms with Gasteiger partial charge in [0.1, 0.15) is 0 Å². The summed E-state index contributed by atoms with van der Waals surface area (Å²) in [4.78, 5) is 48.8. The number of rotatable bonds is 6. The number of nitrogens with one attached hydrogen (secondary N) is 1. The van der Waals surface area contributed by atoms with E-state index in [1.807, 2.05) is 32.0 Å². The van der Waals surface area contributed by atoms with Crippen molar-refractivity contribution in [1.29, 1.82) is 0 Å². The Kier molecular flexibility index (Phi) is 6.07. The zero-order valence-corrected chi connectivity index (χ0v) is 16.4. The third kappa shape index (κ3) is 5.07. The van der Waals surface area contributed by atoms with Crippen molar-refractivity contribution in [3.63, 3.8) is 0 Å². The average molecular weight is 394 g/mol. The predicted molar refractivity (Wildman–Crippen MR) is 106 cm³/mol. The maximum absolute atomic E-state index is 12.2. The number of nitrogens with zero attached hydrogens (tertiary/aromatic N) is 1. The summed E-state index contributed by atoms with van der Waals surface area (Å²) in [5, 5.41) is 2.73. The largest absolute Gasteiger partial charge is 0.452 e. The van der Waals surface area contributed by atoms with Crippen LogP contribution in [-0.4, -0.2) is 35.2 Å². The highest BCUT2D eigenvalue weighted by atomic mass is 16.5. The molecule has 150 valence electrons. The molecule has 1 aliphatic rings. The standard InChI is InChI=1S/C22H22N2O5/c1-14-3-4-15(2)18(11-14)23-19(25)13-29-22(28)17-7-5-16(6-8-17)12-24-20(26)9-10-21(24)27/h3-8,11H,9-10,12-13H2,1-2H3,(H,23,25). The van der Waals surface area contributed by atoms with E-state index < -0.39 is 18.5 Å². The second-order valence-electron chi connectivity index (χ2n) is 7.01. The number of likely N-dealkylation sites (tertiary alicyclic amines) is 1. The second-order valence-corrected chi connectivity index (χ2v) is 7.01. The lowest BCUT2D eigenvalue weighted by Crippen LogP contribution is -2.28. The lowest BCUT2D eigenvalue weighted by atomic mass is 10.1. The Morgan fingerprint density at radius 1 is 1.00 bits per heavy atom. The number of carbonyl (C=O) groups excluding carboxylic acids is 4. The number of esters is 1. The van der Waals surface area contributed by atoms with Gasteiger partial charge in [-0.15, -0.1) is 0 Å². The van der Waals surface area contributed by atoms with Crippen LogP contribution >= 0.6 is 0 Å². The number of imide groups is 1. The lowest BCUT2D eigenvalue weighted by Gasteiger charge is -2.14. The third-order valence-electron chi connectivity index (χ3n) is 4.69. The van der Waals surface area contributed by atoms with E-state index in [-0.39, 0.29) is 36.8 Å². The van der Waals surface area contributed by atoms with Crippen LogP contribution < -0.4 is 5.32 Å². The first kappa shape index (κ1) is 20.3. The van der Waals surface area contributed by atoms with Crippen LogP contribution in [0.3, 0.4) is 0 Å². The van der Waals surface area contributed by atoms with Crippen LogP contribution in [0.4, 0.5) is 5.69 Å². The molecule has 0 radical (unpaired) electrons. The van der Waals surface area contributed by atoms with Gasteiger partial charge in [-0.1, -0.05) is 24.3 Å². The molecule has 1 N–H and O–H groups in total. The molecular formula is C22H22N2O5. The van der Waals surface area contributed by atoms with Crippen molar-refractivity contribution in [3.05, 3.63) is 64.7 Å². The van der Waals surface area contributed by atoms with E-state index in [1.54, 1.807) is 24.3 Å². The van der Waals surface area contributed by atoms with Gasteiger partial charge in [0.15, 0.2) is 6.61 Å². The van der Waals surface area contributed by atoms with Crippen molar-refractivity contribution < 1.29 is 23.9 Å². The minimum atomic E-state index is -0.624. The zero-order chi connectivity index (χ0) is 21.0. The van der Waals surface area contributed by atoms with E-state index in [9.17, 15) is 19.2 Å². The highest BCUT2D eigenvalue weighted by molar-refractivity contribution is 6.01. The number of carbonyl (C=O) groups is 4. The fourth-order valence-corrected chi connectivity index (χ4v) is 3.00. The highest BCUT2D eigenvalue weighted by Crippen LogP contribution is 2.17. The summed E-state index contributed by atoms with van der Waals surface area (Å²) in [6, 6.07) is 12.1. The van der Waals surface area contributed by atoms with E-state index in [0.717, 1.165) is 16.7 Å². The first-order chi connectivity index (χ1) is 13.8. The molecule has 29 heavy (non-hydrogen) atoms. The number of amides is 3. The van der Waals surface area contributed by atoms with Crippen LogP contribution in [0.1, 0.15) is 39.9 Å². The predicted octanol–water partition coefficient (Wildman–Crippen LogP) is 2.75. The Balaban J connectivity index is 1.52. The number of hydrogen-bond donors (Lipinski definition) is 1. The summed E-state index contributed by atoms with van der Waals surface area (Å²) < 4.78 is 5.07. The normalized spacial score (nSPS) is 13.5. The number of benzene rings is 2. The smallest absolute Gasteiger partial charge is 0.338 e. The van der Waals surface area contributed by atoms with Crippen molar-refractivity contribution in [1.82, 2.24) is 4.90 Å². The first-order valence-electron chi connectivity index (χ1n) is 9.30. The Morgan fingerprint density at radius 2 is 1.66 bits per heavy atom. The average Bonchev–Trinajstić information content (AvgIpc) is 3.01. The quantitative estimate of drug-likeness (QED) is 0.601. The summed E-state index contributed by atoms with van der Waals surface area (Å²) in [6.45, 7) is 3.59. The van der Waals surface area contributed by atoms with Crippen molar-refractivity contribution in [3.8, 4) is 0 Å². The fourth-order valence-electron chi connectivity index (χ4n) is 3.00. The SMILES string of the molecule is Cc1ccc(C)c(NC(=O)COC(=O)c2ccc(CN3C(=O)CCC3=O)cc2)c1. The van der Waals surface area contributed by atoms with Crippen LogP contribution in [0.15, 0.2) is 42.5 Å². The maximum Gasteiger partial charge on any atom is 0.338 e. The van der Waals surface area contributed by atoms with Gasteiger partial charge in [0, 0.05) is 18.5 Å². The Bertz CT molecular complexity index is 950. The summed E-state index contributed by atoms with van der Waals surface area (Å²) in [5.41, 5.74) is 3.63. The third-order valence-corrected chi connectivity index (χ3v) is 4.69. The van der Waals surface area contributed by atoms with Crippen molar-refractivity contribution in [2.45, 2.75) is 33.2 Å². The van der Waals surface area contributed by atoms with Crippen LogP contribution in [0.2, 0.25) is 0 Å². The maximum atomic E-state index is 12.2. The molecule has 1 heterocycles. The molecule has 3 amide bonds. The number of anilines is 1. The van der Waals surface area contributed by atoms with E-state index in [1.165, 1.54) is 4.90 Å². The van der Waals surface area contributed by atoms with Gasteiger partial charge in [0.2, 0.25) is 11.8 Å². The molecule has 1 fully saturated rings. The summed E-state index contributed by atoms with van der Waals surface area (Å²) in [7, 11) is 0. The number of aryl methyl sites for hydroxylation is 2. The number of ether oxygens (including phenoxy) is 1. The van der Waals surface area contributed by atoms with Gasteiger partial charge in [0.25, 0.3) is 5.91 Å². The molecule has 3 rings (SSSR count). The zero-order valence-electron chi connectivity index (χ0n) is 16.4. The Hall–Kier alpha value is -3.48. The molecule has 0 unspecified atom stereocenters. The van der Waals surface area contributed by atoms with E-state index in [0.29, 0.717) is 5.69 Å². The van der Waals surface area contributed by atoms with Crippen molar-refractivity contribution in [2.24, 2.45) is 0 Å². The molecule has 1 saturated heterocycles. The summed E-state index contributed by atoms with van der Waals surface area (Å²) >= 11 is 0. The molecule has 1 aliphatic heterocycles. The minimum absolute atomic E-state index is 0.186. The molecule has 7 heteroatoms. The monoisotopic (exact) mass is 394 g/mol. The van der Waals surface area contributed by atoms with Crippen LogP contribution in [-0.2, 0) is 25.7 Å². The molecule has 0 aromatic heterocycles. The molecule has 0 bridgehead atoms.